The van der Waals surface area contributed by atoms with Crippen LogP contribution in [0.15, 0.2) is 48.8 Å². The summed E-state index contributed by atoms with van der Waals surface area (Å²) in [5.41, 5.74) is 6.67. The van der Waals surface area contributed by atoms with Gasteiger partial charge >= 0.3 is 0 Å². The zero-order valence-corrected chi connectivity index (χ0v) is 10.6. The Morgan fingerprint density at radius 1 is 1.22 bits per heavy atom. The van der Waals surface area contributed by atoms with Crippen LogP contribution in [-0.4, -0.2) is 4.98 Å². The quantitative estimate of drug-likeness (QED) is 0.624. The third-order valence-electron chi connectivity index (χ3n) is 3.18. The Balaban J connectivity index is 2.23. The van der Waals surface area contributed by atoms with Gasteiger partial charge in [-0.25, -0.2) is 0 Å². The number of hydrogen-bond acceptors (Lipinski definition) is 3. The Hall–Kier alpha value is -1.71. The van der Waals surface area contributed by atoms with Crippen molar-refractivity contribution in [2.24, 2.45) is 5.84 Å². The number of benzene rings is 1. The van der Waals surface area contributed by atoms with Gasteiger partial charge in [-0.1, -0.05) is 37.3 Å². The summed E-state index contributed by atoms with van der Waals surface area (Å²) in [4.78, 5) is 4.17. The average molecular weight is 241 g/mol. The summed E-state index contributed by atoms with van der Waals surface area (Å²) in [5.74, 6) is 5.71. The van der Waals surface area contributed by atoms with E-state index in [2.05, 4.69) is 41.6 Å². The highest BCUT2D eigenvalue weighted by Gasteiger charge is 2.13. The minimum absolute atomic E-state index is 0.130. The number of hydrazine groups is 1. The number of nitrogens with zero attached hydrogens (tertiary/aromatic N) is 1. The highest BCUT2D eigenvalue weighted by Crippen LogP contribution is 2.21. The van der Waals surface area contributed by atoms with E-state index in [0.29, 0.717) is 0 Å². The standard InChI is InChI=1S/C15H19N3/c1-2-13-11-17-9-8-14(13)15(18-16)10-12-6-4-3-5-7-12/h3-9,11,15,18H,2,10,16H2,1H3. The monoisotopic (exact) mass is 241 g/mol. The zero-order valence-electron chi connectivity index (χ0n) is 10.6. The van der Waals surface area contributed by atoms with E-state index >= 15 is 0 Å². The summed E-state index contributed by atoms with van der Waals surface area (Å²) in [6.45, 7) is 2.14. The Labute approximate surface area is 108 Å². The summed E-state index contributed by atoms with van der Waals surface area (Å²) in [6, 6.07) is 12.6. The molecule has 0 saturated heterocycles. The lowest BCUT2D eigenvalue weighted by molar-refractivity contribution is 0.547. The molecule has 0 aliphatic heterocycles. The topological polar surface area (TPSA) is 50.9 Å². The van der Waals surface area contributed by atoms with Crippen molar-refractivity contribution in [1.82, 2.24) is 10.4 Å². The van der Waals surface area contributed by atoms with Crippen molar-refractivity contribution in [2.45, 2.75) is 25.8 Å². The first-order valence-corrected chi connectivity index (χ1v) is 6.28. The van der Waals surface area contributed by atoms with Crippen molar-refractivity contribution >= 4 is 0 Å². The molecule has 0 amide bonds. The van der Waals surface area contributed by atoms with Crippen LogP contribution >= 0.6 is 0 Å². The van der Waals surface area contributed by atoms with Crippen LogP contribution in [0.5, 0.6) is 0 Å². The molecule has 2 rings (SSSR count). The van der Waals surface area contributed by atoms with Gasteiger partial charge in [-0.05, 0) is 35.6 Å². The molecule has 0 aliphatic rings. The minimum Gasteiger partial charge on any atom is -0.271 e. The van der Waals surface area contributed by atoms with Crippen molar-refractivity contribution in [2.75, 3.05) is 0 Å². The highest BCUT2D eigenvalue weighted by molar-refractivity contribution is 5.29. The molecule has 1 unspecified atom stereocenters. The van der Waals surface area contributed by atoms with Gasteiger partial charge in [-0.15, -0.1) is 0 Å². The first kappa shape index (κ1) is 12.7. The Morgan fingerprint density at radius 2 is 2.00 bits per heavy atom. The van der Waals surface area contributed by atoms with Gasteiger partial charge in [-0.2, -0.15) is 0 Å². The van der Waals surface area contributed by atoms with Crippen molar-refractivity contribution < 1.29 is 0 Å². The molecule has 1 aromatic heterocycles. The van der Waals surface area contributed by atoms with Crippen LogP contribution < -0.4 is 11.3 Å². The molecule has 0 aliphatic carbocycles. The van der Waals surface area contributed by atoms with E-state index in [1.165, 1.54) is 16.7 Å². The molecule has 0 bridgehead atoms. The van der Waals surface area contributed by atoms with Gasteiger partial charge in [-0.3, -0.25) is 16.3 Å². The number of nitrogens with two attached hydrogens (primary N) is 1. The van der Waals surface area contributed by atoms with Crippen molar-refractivity contribution in [3.63, 3.8) is 0 Å². The van der Waals surface area contributed by atoms with Crippen LogP contribution in [0.2, 0.25) is 0 Å². The van der Waals surface area contributed by atoms with Crippen molar-refractivity contribution in [3.8, 4) is 0 Å². The number of rotatable bonds is 5. The number of aromatic nitrogens is 1. The van der Waals surface area contributed by atoms with Crippen LogP contribution in [0.3, 0.4) is 0 Å². The largest absolute Gasteiger partial charge is 0.271 e. The lowest BCUT2D eigenvalue weighted by Crippen LogP contribution is -2.30. The van der Waals surface area contributed by atoms with Gasteiger partial charge in [0.25, 0.3) is 0 Å². The Bertz CT molecular complexity index is 482. The van der Waals surface area contributed by atoms with Crippen LogP contribution in [0.1, 0.15) is 29.7 Å². The molecule has 0 fully saturated rings. The molecule has 1 heterocycles. The fourth-order valence-corrected chi connectivity index (χ4v) is 2.18. The van der Waals surface area contributed by atoms with Gasteiger partial charge in [0.2, 0.25) is 0 Å². The molecular weight excluding hydrogens is 222 g/mol. The van der Waals surface area contributed by atoms with E-state index in [-0.39, 0.29) is 6.04 Å². The highest BCUT2D eigenvalue weighted by atomic mass is 15.2. The summed E-state index contributed by atoms with van der Waals surface area (Å²) in [5, 5.41) is 0. The molecule has 18 heavy (non-hydrogen) atoms. The molecule has 3 heteroatoms. The van der Waals surface area contributed by atoms with E-state index in [9.17, 15) is 0 Å². The van der Waals surface area contributed by atoms with Crippen LogP contribution in [-0.2, 0) is 12.8 Å². The van der Waals surface area contributed by atoms with Gasteiger partial charge in [0.15, 0.2) is 0 Å². The first-order valence-electron chi connectivity index (χ1n) is 6.28. The van der Waals surface area contributed by atoms with Crippen molar-refractivity contribution in [1.29, 1.82) is 0 Å². The smallest absolute Gasteiger partial charge is 0.0504 e. The molecule has 1 aromatic carbocycles. The number of hydrogen-bond donors (Lipinski definition) is 2. The third kappa shape index (κ3) is 2.94. The van der Waals surface area contributed by atoms with E-state index < -0.39 is 0 Å². The maximum absolute atomic E-state index is 5.71. The normalized spacial score (nSPS) is 12.3. The van der Waals surface area contributed by atoms with Gasteiger partial charge in [0, 0.05) is 12.4 Å². The van der Waals surface area contributed by atoms with E-state index in [0.717, 1.165) is 12.8 Å². The van der Waals surface area contributed by atoms with Crippen LogP contribution in [0, 0.1) is 0 Å². The van der Waals surface area contributed by atoms with E-state index in [1.807, 2.05) is 24.5 Å². The van der Waals surface area contributed by atoms with Crippen LogP contribution in [0.25, 0.3) is 0 Å². The maximum Gasteiger partial charge on any atom is 0.0504 e. The predicted octanol–water partition coefficient (Wildman–Crippen LogP) is 2.39. The van der Waals surface area contributed by atoms with E-state index in [1.54, 1.807) is 0 Å². The molecule has 3 nitrogen and oxygen atoms in total. The second-order valence-electron chi connectivity index (χ2n) is 4.34. The fraction of sp³-hybridized carbons (Fsp3) is 0.267. The summed E-state index contributed by atoms with van der Waals surface area (Å²) >= 11 is 0. The van der Waals surface area contributed by atoms with Gasteiger partial charge in [0.05, 0.1) is 6.04 Å². The first-order chi connectivity index (χ1) is 8.85. The maximum atomic E-state index is 5.71. The second-order valence-corrected chi connectivity index (χ2v) is 4.34. The minimum atomic E-state index is 0.130. The molecule has 1 atom stereocenters. The molecule has 2 aromatic rings. The second kappa shape index (κ2) is 6.28. The average Bonchev–Trinajstić information content (AvgIpc) is 2.46. The number of aryl methyl sites for hydroxylation is 1. The number of pyridine rings is 1. The zero-order chi connectivity index (χ0) is 12.8. The van der Waals surface area contributed by atoms with Crippen LogP contribution in [0.4, 0.5) is 0 Å². The van der Waals surface area contributed by atoms with Crippen molar-refractivity contribution in [3.05, 3.63) is 65.5 Å². The molecule has 0 saturated carbocycles. The summed E-state index contributed by atoms with van der Waals surface area (Å²) < 4.78 is 0. The Morgan fingerprint density at radius 3 is 2.67 bits per heavy atom. The van der Waals surface area contributed by atoms with Gasteiger partial charge < -0.3 is 0 Å². The van der Waals surface area contributed by atoms with E-state index in [4.69, 9.17) is 5.84 Å². The van der Waals surface area contributed by atoms with Gasteiger partial charge in [0.1, 0.15) is 0 Å². The Kier molecular flexibility index (Phi) is 4.45. The molecule has 0 spiro atoms. The fourth-order valence-electron chi connectivity index (χ4n) is 2.18. The molecule has 3 N–H and O–H groups in total. The molecule has 0 radical (unpaired) electrons. The summed E-state index contributed by atoms with van der Waals surface area (Å²) in [6.07, 6.45) is 5.60. The predicted molar refractivity (Wildman–Crippen MR) is 73.8 cm³/mol. The lowest BCUT2D eigenvalue weighted by Gasteiger charge is -2.19. The number of nitrogens with one attached hydrogen (secondary N) is 1. The molecular formula is C15H19N3. The SMILES string of the molecule is CCc1cnccc1C(Cc1ccccc1)NN. The molecule has 94 valence electrons. The summed E-state index contributed by atoms with van der Waals surface area (Å²) in [7, 11) is 0. The lowest BCUT2D eigenvalue weighted by atomic mass is 9.96. The third-order valence-corrected chi connectivity index (χ3v) is 3.18.